The standard InChI is InChI=1S/C8H13NO5/c1-3-14-8(13)6(4-7(11)12)9-5(2)10/h6H,3-4H2,1-2H3,(H,9,10)(H,11,12)/t6-/m0/s1. The molecule has 0 radical (unpaired) electrons. The maximum atomic E-state index is 11.1. The fourth-order valence-electron chi connectivity index (χ4n) is 0.856. The first-order valence-corrected chi connectivity index (χ1v) is 4.13. The number of hydrogen-bond donors (Lipinski definition) is 2. The summed E-state index contributed by atoms with van der Waals surface area (Å²) in [5.41, 5.74) is 0. The summed E-state index contributed by atoms with van der Waals surface area (Å²) in [7, 11) is 0. The lowest BCUT2D eigenvalue weighted by Crippen LogP contribution is -2.42. The van der Waals surface area contributed by atoms with Crippen LogP contribution in [-0.2, 0) is 19.1 Å². The molecule has 0 unspecified atom stereocenters. The van der Waals surface area contributed by atoms with Gasteiger partial charge in [0.1, 0.15) is 6.04 Å². The van der Waals surface area contributed by atoms with Crippen LogP contribution in [0, 0.1) is 0 Å². The van der Waals surface area contributed by atoms with E-state index in [2.05, 4.69) is 10.1 Å². The van der Waals surface area contributed by atoms with E-state index < -0.39 is 30.3 Å². The number of esters is 1. The summed E-state index contributed by atoms with van der Waals surface area (Å²) in [4.78, 5) is 32.1. The molecule has 1 atom stereocenters. The molecule has 2 N–H and O–H groups in total. The molecule has 1 amide bonds. The summed E-state index contributed by atoms with van der Waals surface area (Å²) in [5.74, 6) is -2.37. The first-order valence-electron chi connectivity index (χ1n) is 4.13. The molecular weight excluding hydrogens is 190 g/mol. The van der Waals surface area contributed by atoms with Crippen LogP contribution in [0.1, 0.15) is 20.3 Å². The first-order chi connectivity index (χ1) is 6.47. The fourth-order valence-corrected chi connectivity index (χ4v) is 0.856. The van der Waals surface area contributed by atoms with Crippen LogP contribution in [-0.4, -0.2) is 35.6 Å². The molecule has 0 rings (SSSR count). The van der Waals surface area contributed by atoms with Crippen molar-refractivity contribution in [2.75, 3.05) is 6.61 Å². The van der Waals surface area contributed by atoms with Gasteiger partial charge in [-0.15, -0.1) is 0 Å². The number of ether oxygens (including phenoxy) is 1. The van der Waals surface area contributed by atoms with Crippen molar-refractivity contribution in [3.8, 4) is 0 Å². The molecule has 0 aromatic rings. The molecule has 14 heavy (non-hydrogen) atoms. The molecule has 0 aliphatic heterocycles. The van der Waals surface area contributed by atoms with Crippen molar-refractivity contribution >= 4 is 17.8 Å². The van der Waals surface area contributed by atoms with Crippen LogP contribution in [0.5, 0.6) is 0 Å². The van der Waals surface area contributed by atoms with Crippen LogP contribution >= 0.6 is 0 Å². The smallest absolute Gasteiger partial charge is 0.329 e. The van der Waals surface area contributed by atoms with Crippen molar-refractivity contribution in [3.63, 3.8) is 0 Å². The van der Waals surface area contributed by atoms with Crippen molar-refractivity contribution in [2.24, 2.45) is 0 Å². The zero-order valence-corrected chi connectivity index (χ0v) is 8.07. The largest absolute Gasteiger partial charge is 0.481 e. The third-order valence-electron chi connectivity index (χ3n) is 1.33. The topological polar surface area (TPSA) is 92.7 Å². The first kappa shape index (κ1) is 12.4. The van der Waals surface area contributed by atoms with E-state index in [1.54, 1.807) is 6.92 Å². The van der Waals surface area contributed by atoms with Gasteiger partial charge < -0.3 is 15.2 Å². The number of rotatable bonds is 5. The van der Waals surface area contributed by atoms with Crippen molar-refractivity contribution in [1.82, 2.24) is 5.32 Å². The Balaban J connectivity index is 4.29. The molecule has 6 heteroatoms. The quantitative estimate of drug-likeness (QED) is 0.589. The molecule has 0 spiro atoms. The van der Waals surface area contributed by atoms with Gasteiger partial charge in [0.25, 0.3) is 0 Å². The third kappa shape index (κ3) is 5.13. The molecule has 0 aliphatic carbocycles. The van der Waals surface area contributed by atoms with Crippen molar-refractivity contribution in [2.45, 2.75) is 26.3 Å². The summed E-state index contributed by atoms with van der Waals surface area (Å²) >= 11 is 0. The summed E-state index contributed by atoms with van der Waals surface area (Å²) in [6.45, 7) is 2.95. The van der Waals surface area contributed by atoms with Crippen LogP contribution in [0.2, 0.25) is 0 Å². The second kappa shape index (κ2) is 5.95. The van der Waals surface area contributed by atoms with Gasteiger partial charge in [-0.05, 0) is 6.92 Å². The Morgan fingerprint density at radius 1 is 1.43 bits per heavy atom. The van der Waals surface area contributed by atoms with Crippen molar-refractivity contribution < 1.29 is 24.2 Å². The number of amides is 1. The highest BCUT2D eigenvalue weighted by Crippen LogP contribution is 1.96. The number of hydrogen-bond acceptors (Lipinski definition) is 4. The van der Waals surface area contributed by atoms with Gasteiger partial charge in [-0.3, -0.25) is 9.59 Å². The van der Waals surface area contributed by atoms with E-state index in [0.29, 0.717) is 0 Å². The summed E-state index contributed by atoms with van der Waals surface area (Å²) < 4.78 is 4.59. The fraction of sp³-hybridized carbons (Fsp3) is 0.625. The number of carbonyl (C=O) groups excluding carboxylic acids is 2. The summed E-state index contributed by atoms with van der Waals surface area (Å²) in [6.07, 6.45) is -0.474. The lowest BCUT2D eigenvalue weighted by atomic mass is 10.2. The van der Waals surface area contributed by atoms with E-state index >= 15 is 0 Å². The van der Waals surface area contributed by atoms with Crippen molar-refractivity contribution in [3.05, 3.63) is 0 Å². The minimum atomic E-state index is -1.17. The molecule has 0 saturated carbocycles. The van der Waals surface area contributed by atoms with Gasteiger partial charge >= 0.3 is 11.9 Å². The highest BCUT2D eigenvalue weighted by atomic mass is 16.5. The minimum absolute atomic E-state index is 0.147. The van der Waals surface area contributed by atoms with Gasteiger partial charge in [0, 0.05) is 6.92 Å². The van der Waals surface area contributed by atoms with Gasteiger partial charge in [0.05, 0.1) is 13.0 Å². The normalized spacial score (nSPS) is 11.6. The lowest BCUT2D eigenvalue weighted by molar-refractivity contribution is -0.151. The monoisotopic (exact) mass is 203 g/mol. The van der Waals surface area contributed by atoms with Crippen LogP contribution < -0.4 is 5.32 Å². The Kier molecular flexibility index (Phi) is 5.28. The second-order valence-corrected chi connectivity index (χ2v) is 2.60. The second-order valence-electron chi connectivity index (χ2n) is 2.60. The maximum Gasteiger partial charge on any atom is 0.329 e. The number of carboxylic acids is 1. The zero-order valence-electron chi connectivity index (χ0n) is 8.07. The van der Waals surface area contributed by atoms with E-state index in [0.717, 1.165) is 0 Å². The average molecular weight is 203 g/mol. The maximum absolute atomic E-state index is 11.1. The van der Waals surface area contributed by atoms with E-state index in [1.165, 1.54) is 6.92 Å². The van der Waals surface area contributed by atoms with Crippen molar-refractivity contribution in [1.29, 1.82) is 0 Å². The van der Waals surface area contributed by atoms with Gasteiger partial charge in [-0.1, -0.05) is 0 Å². The van der Waals surface area contributed by atoms with Gasteiger partial charge in [0.2, 0.25) is 5.91 Å². The van der Waals surface area contributed by atoms with Crippen LogP contribution in [0.25, 0.3) is 0 Å². The molecule has 0 aromatic heterocycles. The summed E-state index contributed by atoms with van der Waals surface area (Å²) in [5, 5.41) is 10.7. The number of carbonyl (C=O) groups is 3. The highest BCUT2D eigenvalue weighted by molar-refractivity contribution is 5.86. The summed E-state index contributed by atoms with van der Waals surface area (Å²) in [6, 6.07) is -1.11. The lowest BCUT2D eigenvalue weighted by Gasteiger charge is -2.13. The number of aliphatic carboxylic acids is 1. The molecule has 0 aromatic carbocycles. The molecule has 80 valence electrons. The van der Waals surface area contributed by atoms with Crippen LogP contribution in [0.15, 0.2) is 0 Å². The van der Waals surface area contributed by atoms with E-state index in [9.17, 15) is 14.4 Å². The Morgan fingerprint density at radius 2 is 2.00 bits per heavy atom. The van der Waals surface area contributed by atoms with E-state index in [-0.39, 0.29) is 6.61 Å². The predicted molar refractivity (Wildman–Crippen MR) is 46.5 cm³/mol. The molecule has 0 saturated heterocycles. The zero-order chi connectivity index (χ0) is 11.1. The van der Waals surface area contributed by atoms with Gasteiger partial charge in [-0.25, -0.2) is 4.79 Å². The molecule has 6 nitrogen and oxygen atoms in total. The Bertz CT molecular complexity index is 222. The Labute approximate surface area is 81.2 Å². The van der Waals surface area contributed by atoms with Gasteiger partial charge in [0.15, 0.2) is 0 Å². The Morgan fingerprint density at radius 3 is 2.36 bits per heavy atom. The molecular formula is C8H13NO5. The predicted octanol–water partition coefficient (Wildman–Crippen LogP) is -0.471. The average Bonchev–Trinajstić information content (AvgIpc) is 2.01. The SMILES string of the molecule is CCOC(=O)[C@H](CC(=O)O)NC(C)=O. The van der Waals surface area contributed by atoms with E-state index in [1.807, 2.05) is 0 Å². The van der Waals surface area contributed by atoms with E-state index in [4.69, 9.17) is 5.11 Å². The minimum Gasteiger partial charge on any atom is -0.481 e. The molecule has 0 heterocycles. The molecule has 0 bridgehead atoms. The Hall–Kier alpha value is -1.59. The van der Waals surface area contributed by atoms with Crippen LogP contribution in [0.3, 0.4) is 0 Å². The third-order valence-corrected chi connectivity index (χ3v) is 1.33. The highest BCUT2D eigenvalue weighted by Gasteiger charge is 2.23. The van der Waals surface area contributed by atoms with Gasteiger partial charge in [-0.2, -0.15) is 0 Å². The molecule has 0 fully saturated rings. The number of nitrogens with one attached hydrogen (secondary N) is 1. The van der Waals surface area contributed by atoms with Crippen LogP contribution in [0.4, 0.5) is 0 Å². The number of carboxylic acid groups (broad SMARTS) is 1. The molecule has 0 aliphatic rings.